The Labute approximate surface area is 202 Å². The summed E-state index contributed by atoms with van der Waals surface area (Å²) in [6.45, 7) is 22.5. The summed E-state index contributed by atoms with van der Waals surface area (Å²) >= 11 is 0. The summed E-state index contributed by atoms with van der Waals surface area (Å²) in [6.07, 6.45) is 0. The normalized spacial score (nSPS) is 11.2. The first-order valence-corrected chi connectivity index (χ1v) is 11.3. The van der Waals surface area contributed by atoms with E-state index in [2.05, 4.69) is 106 Å². The summed E-state index contributed by atoms with van der Waals surface area (Å²) in [4.78, 5) is 0. The van der Waals surface area contributed by atoms with Gasteiger partial charge in [0.1, 0.15) is 0 Å². The predicted octanol–water partition coefficient (Wildman–Crippen LogP) is 5.92. The van der Waals surface area contributed by atoms with Crippen LogP contribution in [0.5, 0.6) is 0 Å². The van der Waals surface area contributed by atoms with Crippen molar-refractivity contribution in [2.24, 2.45) is 0 Å². The molecule has 158 valence electrons. The van der Waals surface area contributed by atoms with E-state index in [1.165, 1.54) is 66.8 Å². The maximum Gasteiger partial charge on any atom is 1.00 e. The van der Waals surface area contributed by atoms with Gasteiger partial charge in [-0.15, -0.1) is 34.4 Å². The largest absolute Gasteiger partial charge is 1.00 e. The molecule has 3 aromatic rings. The zero-order valence-electron chi connectivity index (χ0n) is 21.5. The third-order valence-electron chi connectivity index (χ3n) is 6.24. The summed E-state index contributed by atoms with van der Waals surface area (Å²) in [7, 11) is 0. The van der Waals surface area contributed by atoms with E-state index in [4.69, 9.17) is 0 Å². The first kappa shape index (κ1) is 25.5. The third kappa shape index (κ3) is 5.03. The fourth-order valence-corrected chi connectivity index (χ4v) is 5.05. The van der Waals surface area contributed by atoms with Crippen molar-refractivity contribution < 1.29 is 18.9 Å². The number of rotatable bonds is 4. The van der Waals surface area contributed by atoms with Gasteiger partial charge < -0.3 is 0 Å². The molecule has 0 N–H and O–H groups in total. The Hall–Kier alpha value is -1.74. The van der Waals surface area contributed by atoms with Crippen LogP contribution in [-0.2, 0) is 0 Å². The quantitative estimate of drug-likeness (QED) is 0.374. The molecule has 1 heteroatoms. The first-order valence-electron chi connectivity index (χ1n) is 11.3. The summed E-state index contributed by atoms with van der Waals surface area (Å²) in [5.41, 5.74) is 16.1. The number of aryl methyl sites for hydroxylation is 6. The minimum absolute atomic E-state index is 0. The van der Waals surface area contributed by atoms with Gasteiger partial charge in [-0.05, 0) is 53.4 Å². The molecule has 31 heavy (non-hydrogen) atoms. The van der Waals surface area contributed by atoms with Crippen LogP contribution >= 0.6 is 0 Å². The van der Waals surface area contributed by atoms with Gasteiger partial charge in [0.05, 0.1) is 0 Å². The Balaban J connectivity index is 0.00000341. The van der Waals surface area contributed by atoms with Crippen LogP contribution in [0, 0.1) is 47.6 Å². The van der Waals surface area contributed by atoms with Crippen molar-refractivity contribution in [2.45, 2.75) is 81.1 Å². The van der Waals surface area contributed by atoms with Gasteiger partial charge in [0.2, 0.25) is 0 Å². The van der Waals surface area contributed by atoms with E-state index in [1.807, 2.05) is 0 Å². The molecule has 0 aromatic heterocycles. The molecule has 0 atom stereocenters. The molecule has 3 rings (SSSR count). The smallest absolute Gasteiger partial charge is 0.122 e. The fourth-order valence-electron chi connectivity index (χ4n) is 5.05. The molecular formula is C30H37Li. The second-order valence-corrected chi connectivity index (χ2v) is 9.79. The molecule has 0 amide bonds. The van der Waals surface area contributed by atoms with Gasteiger partial charge in [0.25, 0.3) is 0 Å². The molecule has 0 spiro atoms. The van der Waals surface area contributed by atoms with Crippen LogP contribution in [0.3, 0.4) is 0 Å². The molecule has 0 aliphatic carbocycles. The second kappa shape index (κ2) is 9.81. The molecule has 0 aliphatic rings. The zero-order valence-corrected chi connectivity index (χ0v) is 21.5. The Bertz CT molecular complexity index is 969. The average molecular weight is 405 g/mol. The Morgan fingerprint density at radius 1 is 0.516 bits per heavy atom. The Kier molecular flexibility index (Phi) is 8.08. The third-order valence-corrected chi connectivity index (χ3v) is 6.24. The van der Waals surface area contributed by atoms with Gasteiger partial charge in [0.15, 0.2) is 0 Å². The molecule has 0 unspecified atom stereocenters. The molecule has 0 saturated heterocycles. The molecule has 0 heterocycles. The topological polar surface area (TPSA) is 0 Å². The van der Waals surface area contributed by atoms with Crippen LogP contribution in [0.25, 0.3) is 22.3 Å². The van der Waals surface area contributed by atoms with Crippen LogP contribution in [0.1, 0.15) is 84.0 Å². The van der Waals surface area contributed by atoms with Crippen molar-refractivity contribution in [3.63, 3.8) is 0 Å². The summed E-state index contributed by atoms with van der Waals surface area (Å²) in [6, 6.07) is 15.7. The van der Waals surface area contributed by atoms with Crippen molar-refractivity contribution in [2.75, 3.05) is 0 Å². The molecule has 0 saturated carbocycles. The molecule has 0 bridgehead atoms. The van der Waals surface area contributed by atoms with Crippen molar-refractivity contribution in [3.05, 3.63) is 80.9 Å². The maximum atomic E-state index is 3.98. The van der Waals surface area contributed by atoms with E-state index in [0.717, 1.165) is 0 Å². The average Bonchev–Trinajstić information content (AvgIpc) is 2.59. The van der Waals surface area contributed by atoms with Crippen LogP contribution < -0.4 is 18.9 Å². The Morgan fingerprint density at radius 3 is 1.06 bits per heavy atom. The molecule has 0 fully saturated rings. The van der Waals surface area contributed by atoms with Gasteiger partial charge in [-0.3, -0.25) is 0 Å². The van der Waals surface area contributed by atoms with Crippen molar-refractivity contribution >= 4 is 0 Å². The summed E-state index contributed by atoms with van der Waals surface area (Å²) in [5.74, 6) is 0.895. The number of hydrogen-bond acceptors (Lipinski definition) is 0. The monoisotopic (exact) mass is 404 g/mol. The van der Waals surface area contributed by atoms with E-state index in [9.17, 15) is 0 Å². The maximum absolute atomic E-state index is 3.98. The predicted molar refractivity (Wildman–Crippen MR) is 133 cm³/mol. The van der Waals surface area contributed by atoms with Gasteiger partial charge >= 0.3 is 18.9 Å². The zero-order chi connectivity index (χ0) is 22.3. The van der Waals surface area contributed by atoms with E-state index in [-0.39, 0.29) is 18.9 Å². The SMILES string of the molecule is Cc1cc(C)c(-c2[c-]c(-c3c(C)cc(C)cc3C)c(C(C)C)cc2C(C)C)c(C)c1.[Li+]. The first-order chi connectivity index (χ1) is 14.0. The molecule has 0 radical (unpaired) electrons. The Morgan fingerprint density at radius 2 is 0.806 bits per heavy atom. The van der Waals surface area contributed by atoms with Gasteiger partial charge in [0, 0.05) is 0 Å². The van der Waals surface area contributed by atoms with Crippen molar-refractivity contribution in [3.8, 4) is 22.3 Å². The van der Waals surface area contributed by atoms with Crippen molar-refractivity contribution in [1.82, 2.24) is 0 Å². The van der Waals surface area contributed by atoms with Crippen molar-refractivity contribution in [1.29, 1.82) is 0 Å². The van der Waals surface area contributed by atoms with Crippen LogP contribution in [-0.4, -0.2) is 0 Å². The minimum atomic E-state index is 0. The fraction of sp³-hybridized carbons (Fsp3) is 0.400. The number of benzene rings is 3. The van der Waals surface area contributed by atoms with Crippen LogP contribution in [0.15, 0.2) is 30.3 Å². The number of hydrogen-bond donors (Lipinski definition) is 0. The minimum Gasteiger partial charge on any atom is -0.122 e. The molecule has 0 aliphatic heterocycles. The summed E-state index contributed by atoms with van der Waals surface area (Å²) in [5, 5.41) is 0. The van der Waals surface area contributed by atoms with E-state index in [0.29, 0.717) is 11.8 Å². The van der Waals surface area contributed by atoms with Gasteiger partial charge in [-0.25, -0.2) is 0 Å². The molecule has 0 nitrogen and oxygen atoms in total. The second-order valence-electron chi connectivity index (χ2n) is 9.79. The van der Waals surface area contributed by atoms with Crippen LogP contribution in [0.2, 0.25) is 0 Å². The van der Waals surface area contributed by atoms with Gasteiger partial charge in [-0.2, -0.15) is 0 Å². The summed E-state index contributed by atoms with van der Waals surface area (Å²) < 4.78 is 0. The van der Waals surface area contributed by atoms with E-state index < -0.39 is 0 Å². The van der Waals surface area contributed by atoms with Gasteiger partial charge in [-0.1, -0.05) is 96.5 Å². The standard InChI is InChI=1S/C30H37.Li/c1-17(2)25-15-26(18(3)4)28(30-23(9)13-20(6)14-24(30)10)16-27(25)29-21(7)11-19(5)12-22(29)8;/h11-15,17-18H,1-10H3;/q-1;+1. The molecule has 3 aromatic carbocycles. The van der Waals surface area contributed by atoms with E-state index in [1.54, 1.807) is 0 Å². The molecular weight excluding hydrogens is 367 g/mol. The van der Waals surface area contributed by atoms with Crippen LogP contribution in [0.4, 0.5) is 0 Å². The van der Waals surface area contributed by atoms with E-state index >= 15 is 0 Å².